The first-order valence-electron chi connectivity index (χ1n) is 9.24. The molecule has 0 bridgehead atoms. The van der Waals surface area contributed by atoms with E-state index < -0.39 is 6.10 Å². The number of benzene rings is 2. The summed E-state index contributed by atoms with van der Waals surface area (Å²) < 4.78 is 5.77. The van der Waals surface area contributed by atoms with Crippen molar-refractivity contribution in [1.29, 1.82) is 0 Å². The molecule has 2 aromatic heterocycles. The van der Waals surface area contributed by atoms with Crippen molar-refractivity contribution in [2.24, 2.45) is 0 Å². The fraction of sp³-hybridized carbons (Fsp3) is 0.136. The maximum Gasteiger partial charge on any atom is 0.265 e. The number of H-pyrrole nitrogens is 1. The normalized spacial score (nSPS) is 15.2. The van der Waals surface area contributed by atoms with Crippen LogP contribution < -0.4 is 10.1 Å². The highest BCUT2D eigenvalue weighted by molar-refractivity contribution is 6.33. The molecule has 3 heterocycles. The molecule has 144 valence electrons. The third-order valence-corrected chi connectivity index (χ3v) is 5.23. The predicted octanol–water partition coefficient (Wildman–Crippen LogP) is 4.53. The van der Waals surface area contributed by atoms with Crippen molar-refractivity contribution in [2.45, 2.75) is 19.4 Å². The Balaban J connectivity index is 1.40. The van der Waals surface area contributed by atoms with Gasteiger partial charge in [0.25, 0.3) is 5.91 Å². The minimum Gasteiger partial charge on any atom is -0.480 e. The van der Waals surface area contributed by atoms with Crippen LogP contribution in [-0.4, -0.2) is 27.0 Å². The molecule has 5 rings (SSSR count). The van der Waals surface area contributed by atoms with Gasteiger partial charge in [0, 0.05) is 23.9 Å². The van der Waals surface area contributed by atoms with Crippen molar-refractivity contribution in [3.63, 3.8) is 0 Å². The minimum atomic E-state index is -0.551. The highest BCUT2D eigenvalue weighted by Gasteiger charge is 2.29. The predicted molar refractivity (Wildman–Crippen MR) is 112 cm³/mol. The van der Waals surface area contributed by atoms with Crippen LogP contribution in [-0.2, 0) is 11.2 Å². The lowest BCUT2D eigenvalue weighted by molar-refractivity contribution is -0.122. The Hall–Kier alpha value is -3.38. The summed E-state index contributed by atoms with van der Waals surface area (Å²) >= 11 is 6.40. The standard InChI is InChI=1S/C22H17ClN4O2/c1-12-8-17-21(24-11-12)27-20(26-17)15-10-14(6-7-16(15)23)25-22(28)19-9-13-4-2-3-5-18(13)29-19/h2-8,10-11,19H,9H2,1H3,(H,25,28)(H,24,26,27). The quantitative estimate of drug-likeness (QED) is 0.525. The van der Waals surface area contributed by atoms with E-state index in [1.54, 1.807) is 24.4 Å². The molecule has 0 aliphatic carbocycles. The molecule has 2 N–H and O–H groups in total. The Morgan fingerprint density at radius 1 is 1.24 bits per heavy atom. The van der Waals surface area contributed by atoms with E-state index in [1.807, 2.05) is 37.3 Å². The van der Waals surface area contributed by atoms with E-state index in [2.05, 4.69) is 20.3 Å². The number of amides is 1. The molecule has 1 amide bonds. The van der Waals surface area contributed by atoms with Crippen LogP contribution in [0.25, 0.3) is 22.6 Å². The summed E-state index contributed by atoms with van der Waals surface area (Å²) in [6, 6.07) is 15.0. The van der Waals surface area contributed by atoms with Crippen molar-refractivity contribution >= 4 is 34.4 Å². The molecular formula is C22H17ClN4O2. The number of rotatable bonds is 3. The molecule has 0 fully saturated rings. The molecule has 0 saturated heterocycles. The van der Waals surface area contributed by atoms with Crippen LogP contribution in [0, 0.1) is 6.92 Å². The van der Waals surface area contributed by atoms with Crippen LogP contribution >= 0.6 is 11.6 Å². The SMILES string of the molecule is Cc1cnc2nc(-c3cc(NC(=O)C4Cc5ccccc5O4)ccc3Cl)[nH]c2c1. The largest absolute Gasteiger partial charge is 0.480 e. The molecule has 1 aliphatic rings. The van der Waals surface area contributed by atoms with Crippen LogP contribution in [0.2, 0.25) is 5.02 Å². The first-order valence-corrected chi connectivity index (χ1v) is 9.62. The number of aromatic amines is 1. The third-order valence-electron chi connectivity index (χ3n) is 4.90. The molecule has 0 radical (unpaired) electrons. The average Bonchev–Trinajstić information content (AvgIpc) is 3.33. The van der Waals surface area contributed by atoms with Crippen molar-refractivity contribution in [3.8, 4) is 17.1 Å². The van der Waals surface area contributed by atoms with Gasteiger partial charge in [-0.1, -0.05) is 29.8 Å². The number of nitrogens with zero attached hydrogens (tertiary/aromatic N) is 2. The van der Waals surface area contributed by atoms with Gasteiger partial charge in [-0.15, -0.1) is 0 Å². The lowest BCUT2D eigenvalue weighted by Crippen LogP contribution is -2.31. The summed E-state index contributed by atoms with van der Waals surface area (Å²) in [5, 5.41) is 3.45. The Morgan fingerprint density at radius 2 is 2.10 bits per heavy atom. The van der Waals surface area contributed by atoms with E-state index in [1.165, 1.54) is 0 Å². The van der Waals surface area contributed by atoms with Crippen molar-refractivity contribution in [2.75, 3.05) is 5.32 Å². The highest BCUT2D eigenvalue weighted by atomic mass is 35.5. The molecule has 0 saturated carbocycles. The molecule has 2 aromatic carbocycles. The summed E-state index contributed by atoms with van der Waals surface area (Å²) in [5.74, 6) is 1.16. The number of aryl methyl sites for hydroxylation is 1. The van der Waals surface area contributed by atoms with E-state index in [0.717, 1.165) is 22.4 Å². The number of anilines is 1. The lowest BCUT2D eigenvalue weighted by atomic mass is 10.1. The van der Waals surface area contributed by atoms with Crippen LogP contribution in [0.5, 0.6) is 5.75 Å². The van der Waals surface area contributed by atoms with Gasteiger partial charge < -0.3 is 15.0 Å². The molecular weight excluding hydrogens is 388 g/mol. The number of para-hydroxylation sites is 1. The zero-order valence-electron chi connectivity index (χ0n) is 15.6. The third kappa shape index (κ3) is 3.32. The maximum atomic E-state index is 12.7. The molecule has 29 heavy (non-hydrogen) atoms. The molecule has 1 unspecified atom stereocenters. The van der Waals surface area contributed by atoms with Crippen molar-refractivity contribution in [1.82, 2.24) is 15.0 Å². The number of ether oxygens (including phenoxy) is 1. The van der Waals surface area contributed by atoms with Crippen LogP contribution in [0.15, 0.2) is 54.7 Å². The van der Waals surface area contributed by atoms with Gasteiger partial charge in [0.2, 0.25) is 0 Å². The van der Waals surface area contributed by atoms with Gasteiger partial charge in [0.15, 0.2) is 11.8 Å². The molecule has 6 nitrogen and oxygen atoms in total. The monoisotopic (exact) mass is 404 g/mol. The first kappa shape index (κ1) is 17.7. The molecule has 1 atom stereocenters. The smallest absolute Gasteiger partial charge is 0.265 e. The second-order valence-electron chi connectivity index (χ2n) is 7.07. The van der Waals surface area contributed by atoms with E-state index in [9.17, 15) is 4.79 Å². The van der Waals surface area contributed by atoms with E-state index >= 15 is 0 Å². The number of pyridine rings is 1. The highest BCUT2D eigenvalue weighted by Crippen LogP contribution is 2.31. The van der Waals surface area contributed by atoms with E-state index in [0.29, 0.717) is 34.2 Å². The van der Waals surface area contributed by atoms with Gasteiger partial charge in [0.1, 0.15) is 11.6 Å². The summed E-state index contributed by atoms with van der Waals surface area (Å²) in [6.45, 7) is 1.97. The zero-order chi connectivity index (χ0) is 20.0. The second-order valence-corrected chi connectivity index (χ2v) is 7.48. The van der Waals surface area contributed by atoms with E-state index in [4.69, 9.17) is 16.3 Å². The Labute approximate surface area is 171 Å². The summed E-state index contributed by atoms with van der Waals surface area (Å²) in [6.07, 6.45) is 1.77. The first-order chi connectivity index (χ1) is 14.1. The van der Waals surface area contributed by atoms with Gasteiger partial charge in [-0.2, -0.15) is 0 Å². The van der Waals surface area contributed by atoms with Gasteiger partial charge in [0.05, 0.1) is 10.5 Å². The second kappa shape index (κ2) is 6.90. The van der Waals surface area contributed by atoms with Gasteiger partial charge in [-0.25, -0.2) is 9.97 Å². The van der Waals surface area contributed by atoms with Crippen LogP contribution in [0.3, 0.4) is 0 Å². The number of hydrogen-bond acceptors (Lipinski definition) is 4. The molecule has 4 aromatic rings. The fourth-order valence-corrected chi connectivity index (χ4v) is 3.67. The number of aromatic nitrogens is 3. The van der Waals surface area contributed by atoms with Gasteiger partial charge in [-0.05, 0) is 48.4 Å². The number of hydrogen-bond donors (Lipinski definition) is 2. The Morgan fingerprint density at radius 3 is 2.97 bits per heavy atom. The number of fused-ring (bicyclic) bond motifs is 2. The van der Waals surface area contributed by atoms with Crippen molar-refractivity contribution < 1.29 is 9.53 Å². The maximum absolute atomic E-state index is 12.7. The number of nitrogens with one attached hydrogen (secondary N) is 2. The summed E-state index contributed by atoms with van der Waals surface area (Å²) in [7, 11) is 0. The Kier molecular flexibility index (Phi) is 4.21. The minimum absolute atomic E-state index is 0.198. The lowest BCUT2D eigenvalue weighted by Gasteiger charge is -2.12. The average molecular weight is 405 g/mol. The number of halogens is 1. The number of imidazole rings is 1. The van der Waals surface area contributed by atoms with E-state index in [-0.39, 0.29) is 5.91 Å². The number of carbonyl (C=O) groups is 1. The van der Waals surface area contributed by atoms with Gasteiger partial charge in [-0.3, -0.25) is 4.79 Å². The van der Waals surface area contributed by atoms with Crippen LogP contribution in [0.1, 0.15) is 11.1 Å². The molecule has 1 aliphatic heterocycles. The Bertz CT molecular complexity index is 1230. The van der Waals surface area contributed by atoms with Crippen molar-refractivity contribution in [3.05, 3.63) is 70.9 Å². The summed E-state index contributed by atoms with van der Waals surface area (Å²) in [4.78, 5) is 24.8. The fourth-order valence-electron chi connectivity index (χ4n) is 3.47. The summed E-state index contributed by atoms with van der Waals surface area (Å²) in [5.41, 5.74) is 4.84. The molecule has 7 heteroatoms. The van der Waals surface area contributed by atoms with Crippen LogP contribution in [0.4, 0.5) is 5.69 Å². The van der Waals surface area contributed by atoms with Gasteiger partial charge >= 0.3 is 0 Å². The molecule has 0 spiro atoms. The number of carbonyl (C=O) groups excluding carboxylic acids is 1. The zero-order valence-corrected chi connectivity index (χ0v) is 16.3. The topological polar surface area (TPSA) is 79.9 Å².